The van der Waals surface area contributed by atoms with Crippen LogP contribution in [0.1, 0.15) is 19.8 Å². The van der Waals surface area contributed by atoms with Gasteiger partial charge in [0.05, 0.1) is 13.2 Å². The van der Waals surface area contributed by atoms with E-state index in [-0.39, 0.29) is 6.04 Å². The van der Waals surface area contributed by atoms with Gasteiger partial charge in [-0.1, -0.05) is 6.07 Å². The standard InChI is InChI=1S/C15H21F3N2O/c1-2-21-14-5-3-4-13(10-14)19-12-6-8-20(9-7-12)11-15(16,17)18/h3-5,10,12,19H,2,6-9,11H2,1H3. The molecule has 1 N–H and O–H groups in total. The smallest absolute Gasteiger partial charge is 0.401 e. The third-order valence-corrected chi connectivity index (χ3v) is 3.51. The van der Waals surface area contributed by atoms with Crippen molar-refractivity contribution < 1.29 is 17.9 Å². The quantitative estimate of drug-likeness (QED) is 0.900. The summed E-state index contributed by atoms with van der Waals surface area (Å²) >= 11 is 0. The van der Waals surface area contributed by atoms with Crippen LogP contribution in [0, 0.1) is 0 Å². The third-order valence-electron chi connectivity index (χ3n) is 3.51. The fraction of sp³-hybridized carbons (Fsp3) is 0.600. The van der Waals surface area contributed by atoms with E-state index in [1.807, 2.05) is 31.2 Å². The summed E-state index contributed by atoms with van der Waals surface area (Å²) < 4.78 is 42.4. The van der Waals surface area contributed by atoms with Gasteiger partial charge in [0.25, 0.3) is 0 Å². The van der Waals surface area contributed by atoms with Crippen LogP contribution in [-0.2, 0) is 0 Å². The molecule has 0 radical (unpaired) electrons. The normalized spacial score (nSPS) is 17.7. The maximum absolute atomic E-state index is 12.3. The van der Waals surface area contributed by atoms with Gasteiger partial charge in [-0.15, -0.1) is 0 Å². The number of hydrogen-bond donors (Lipinski definition) is 1. The van der Waals surface area contributed by atoms with Crippen molar-refractivity contribution in [1.29, 1.82) is 0 Å². The summed E-state index contributed by atoms with van der Waals surface area (Å²) in [6.07, 6.45) is -2.67. The van der Waals surface area contributed by atoms with Crippen LogP contribution in [-0.4, -0.2) is 43.4 Å². The fourth-order valence-electron chi connectivity index (χ4n) is 2.57. The summed E-state index contributed by atoms with van der Waals surface area (Å²) in [7, 11) is 0. The number of halogens is 3. The Kier molecular flexibility index (Phi) is 5.33. The molecular formula is C15H21F3N2O. The average molecular weight is 302 g/mol. The molecule has 0 spiro atoms. The second-order valence-electron chi connectivity index (χ2n) is 5.27. The van der Waals surface area contributed by atoms with Crippen LogP contribution in [0.3, 0.4) is 0 Å². The molecule has 3 nitrogen and oxygen atoms in total. The van der Waals surface area contributed by atoms with Crippen LogP contribution >= 0.6 is 0 Å². The van der Waals surface area contributed by atoms with E-state index >= 15 is 0 Å². The monoisotopic (exact) mass is 302 g/mol. The summed E-state index contributed by atoms with van der Waals surface area (Å²) in [6, 6.07) is 7.88. The molecule has 118 valence electrons. The summed E-state index contributed by atoms with van der Waals surface area (Å²) in [6.45, 7) is 2.68. The molecule has 0 unspecified atom stereocenters. The Morgan fingerprint density at radius 2 is 2.00 bits per heavy atom. The lowest BCUT2D eigenvalue weighted by Gasteiger charge is -2.33. The molecular weight excluding hydrogens is 281 g/mol. The third kappa shape index (κ3) is 5.46. The number of ether oxygens (including phenoxy) is 1. The Hall–Kier alpha value is -1.43. The lowest BCUT2D eigenvalue weighted by Crippen LogP contribution is -2.43. The lowest BCUT2D eigenvalue weighted by molar-refractivity contribution is -0.147. The number of benzene rings is 1. The van der Waals surface area contributed by atoms with E-state index in [2.05, 4.69) is 5.32 Å². The Bertz CT molecular complexity index is 443. The van der Waals surface area contributed by atoms with Gasteiger partial charge in [-0.2, -0.15) is 13.2 Å². The van der Waals surface area contributed by atoms with Gasteiger partial charge in [0.2, 0.25) is 0 Å². The molecule has 1 heterocycles. The van der Waals surface area contributed by atoms with Crippen LogP contribution in [0.4, 0.5) is 18.9 Å². The maximum Gasteiger partial charge on any atom is 0.401 e. The van der Waals surface area contributed by atoms with E-state index in [1.54, 1.807) is 0 Å². The zero-order valence-electron chi connectivity index (χ0n) is 12.1. The first-order valence-corrected chi connectivity index (χ1v) is 7.25. The van der Waals surface area contributed by atoms with Crippen LogP contribution in [0.5, 0.6) is 5.75 Å². The summed E-state index contributed by atoms with van der Waals surface area (Å²) in [4.78, 5) is 1.47. The molecule has 1 aliphatic rings. The topological polar surface area (TPSA) is 24.5 Å². The predicted octanol–water partition coefficient (Wildman–Crippen LogP) is 3.52. The molecule has 1 aliphatic heterocycles. The Balaban J connectivity index is 1.82. The predicted molar refractivity (Wildman–Crippen MR) is 76.8 cm³/mol. The molecule has 1 aromatic carbocycles. The molecule has 2 rings (SSSR count). The zero-order valence-corrected chi connectivity index (χ0v) is 12.1. The van der Waals surface area contributed by atoms with Gasteiger partial charge >= 0.3 is 6.18 Å². The molecule has 0 atom stereocenters. The van der Waals surface area contributed by atoms with Crippen molar-refractivity contribution in [2.24, 2.45) is 0 Å². The van der Waals surface area contributed by atoms with Crippen molar-refractivity contribution in [3.8, 4) is 5.75 Å². The highest BCUT2D eigenvalue weighted by atomic mass is 19.4. The van der Waals surface area contributed by atoms with Crippen molar-refractivity contribution in [2.45, 2.75) is 32.0 Å². The largest absolute Gasteiger partial charge is 0.494 e. The van der Waals surface area contributed by atoms with Gasteiger partial charge in [-0.05, 0) is 31.9 Å². The number of anilines is 1. The van der Waals surface area contributed by atoms with Gasteiger partial charge in [0.1, 0.15) is 5.75 Å². The van der Waals surface area contributed by atoms with Gasteiger partial charge < -0.3 is 10.1 Å². The minimum absolute atomic E-state index is 0.214. The molecule has 0 saturated carbocycles. The number of nitrogens with one attached hydrogen (secondary N) is 1. The van der Waals surface area contributed by atoms with Gasteiger partial charge in [-0.3, -0.25) is 4.90 Å². The molecule has 0 aliphatic carbocycles. The average Bonchev–Trinajstić information content (AvgIpc) is 2.40. The Labute approximate surface area is 123 Å². The van der Waals surface area contributed by atoms with E-state index < -0.39 is 12.7 Å². The zero-order chi connectivity index (χ0) is 15.3. The van der Waals surface area contributed by atoms with Crippen LogP contribution in [0.25, 0.3) is 0 Å². The first-order valence-electron chi connectivity index (χ1n) is 7.25. The van der Waals surface area contributed by atoms with Crippen LogP contribution in [0.2, 0.25) is 0 Å². The van der Waals surface area contributed by atoms with Crippen molar-refractivity contribution in [3.63, 3.8) is 0 Å². The number of rotatable bonds is 5. The molecule has 0 amide bonds. The van der Waals surface area contributed by atoms with Gasteiger partial charge in [0.15, 0.2) is 0 Å². The van der Waals surface area contributed by atoms with Crippen molar-refractivity contribution >= 4 is 5.69 Å². The number of alkyl halides is 3. The number of hydrogen-bond acceptors (Lipinski definition) is 3. The molecule has 0 bridgehead atoms. The van der Waals surface area contributed by atoms with Crippen molar-refractivity contribution in [2.75, 3.05) is 31.6 Å². The summed E-state index contributed by atoms with van der Waals surface area (Å²) in [5.74, 6) is 0.803. The van der Waals surface area contributed by atoms with Crippen LogP contribution in [0.15, 0.2) is 24.3 Å². The highest BCUT2D eigenvalue weighted by molar-refractivity contribution is 5.48. The second kappa shape index (κ2) is 7.02. The van der Waals surface area contributed by atoms with E-state index in [1.165, 1.54) is 4.90 Å². The first kappa shape index (κ1) is 15.9. The number of nitrogens with zero attached hydrogens (tertiary/aromatic N) is 1. The minimum atomic E-state index is -4.11. The Morgan fingerprint density at radius 1 is 1.29 bits per heavy atom. The van der Waals surface area contributed by atoms with Crippen molar-refractivity contribution in [1.82, 2.24) is 4.90 Å². The SMILES string of the molecule is CCOc1cccc(NC2CCN(CC(F)(F)F)CC2)c1. The molecule has 1 fully saturated rings. The molecule has 0 aromatic heterocycles. The molecule has 21 heavy (non-hydrogen) atoms. The second-order valence-corrected chi connectivity index (χ2v) is 5.27. The van der Waals surface area contributed by atoms with E-state index in [0.29, 0.717) is 19.7 Å². The van der Waals surface area contributed by atoms with Crippen LogP contribution < -0.4 is 10.1 Å². The minimum Gasteiger partial charge on any atom is -0.494 e. The van der Waals surface area contributed by atoms with Gasteiger partial charge in [0, 0.05) is 30.9 Å². The summed E-state index contributed by atoms with van der Waals surface area (Å²) in [5, 5.41) is 3.38. The lowest BCUT2D eigenvalue weighted by atomic mass is 10.0. The Morgan fingerprint density at radius 3 is 2.62 bits per heavy atom. The van der Waals surface area contributed by atoms with Gasteiger partial charge in [-0.25, -0.2) is 0 Å². The maximum atomic E-state index is 12.3. The number of likely N-dealkylation sites (tertiary alicyclic amines) is 1. The summed E-state index contributed by atoms with van der Waals surface area (Å²) in [5.41, 5.74) is 0.954. The number of piperidine rings is 1. The van der Waals surface area contributed by atoms with E-state index in [9.17, 15) is 13.2 Å². The highest BCUT2D eigenvalue weighted by Gasteiger charge is 2.32. The van der Waals surface area contributed by atoms with E-state index in [0.717, 1.165) is 24.3 Å². The molecule has 1 saturated heterocycles. The molecule has 6 heteroatoms. The van der Waals surface area contributed by atoms with E-state index in [4.69, 9.17) is 4.74 Å². The first-order chi connectivity index (χ1) is 9.96. The highest BCUT2D eigenvalue weighted by Crippen LogP contribution is 2.23. The molecule has 1 aromatic rings. The van der Waals surface area contributed by atoms with Crippen molar-refractivity contribution in [3.05, 3.63) is 24.3 Å². The fourth-order valence-corrected chi connectivity index (χ4v) is 2.57.